The van der Waals surface area contributed by atoms with Crippen molar-refractivity contribution in [2.24, 2.45) is 0 Å². The van der Waals surface area contributed by atoms with Gasteiger partial charge in [-0.2, -0.15) is 11.8 Å². The van der Waals surface area contributed by atoms with E-state index < -0.39 is 0 Å². The minimum atomic E-state index is -0.170. The van der Waals surface area contributed by atoms with Crippen molar-refractivity contribution in [3.8, 4) is 11.5 Å². The molecule has 0 fully saturated rings. The maximum Gasteiger partial charge on any atom is 0.257 e. The molecule has 0 aliphatic carbocycles. The Labute approximate surface area is 161 Å². The molecule has 0 aliphatic rings. The summed E-state index contributed by atoms with van der Waals surface area (Å²) >= 11 is 13.7. The highest BCUT2D eigenvalue weighted by atomic mass is 35.5. The number of para-hydroxylation sites is 2. The van der Waals surface area contributed by atoms with E-state index in [1.165, 1.54) is 0 Å². The Balaban J connectivity index is 1.64. The van der Waals surface area contributed by atoms with Gasteiger partial charge in [0.2, 0.25) is 0 Å². The van der Waals surface area contributed by atoms with Gasteiger partial charge in [-0.3, -0.25) is 4.79 Å². The van der Waals surface area contributed by atoms with E-state index in [1.54, 1.807) is 37.1 Å². The van der Waals surface area contributed by atoms with Gasteiger partial charge >= 0.3 is 0 Å². The average molecular weight is 400 g/mol. The van der Waals surface area contributed by atoms with Crippen LogP contribution in [0.1, 0.15) is 5.56 Å². The fourth-order valence-corrected chi connectivity index (χ4v) is 3.43. The van der Waals surface area contributed by atoms with Gasteiger partial charge in [-0.05, 0) is 29.8 Å². The Bertz CT molecular complexity index is 712. The molecule has 2 aromatic rings. The molecule has 4 nitrogen and oxygen atoms in total. The van der Waals surface area contributed by atoms with Crippen molar-refractivity contribution in [3.63, 3.8) is 0 Å². The zero-order valence-electron chi connectivity index (χ0n) is 13.8. The van der Waals surface area contributed by atoms with E-state index in [0.717, 1.165) is 17.1 Å². The lowest BCUT2D eigenvalue weighted by Crippen LogP contribution is -2.30. The molecule has 2 aromatic carbocycles. The first-order valence-corrected chi connectivity index (χ1v) is 9.55. The van der Waals surface area contributed by atoms with Crippen LogP contribution in [0.3, 0.4) is 0 Å². The Kier molecular flexibility index (Phi) is 8.25. The average Bonchev–Trinajstić information content (AvgIpc) is 2.61. The summed E-state index contributed by atoms with van der Waals surface area (Å²) in [6.07, 6.45) is 0. The number of amides is 1. The second-order valence-electron chi connectivity index (χ2n) is 5.08. The first-order chi connectivity index (χ1) is 12.1. The lowest BCUT2D eigenvalue weighted by molar-refractivity contribution is -0.122. The lowest BCUT2D eigenvalue weighted by Gasteiger charge is -2.10. The maximum absolute atomic E-state index is 11.8. The zero-order valence-corrected chi connectivity index (χ0v) is 16.1. The molecule has 1 N–H and O–H groups in total. The van der Waals surface area contributed by atoms with Crippen LogP contribution in [-0.4, -0.2) is 31.9 Å². The van der Waals surface area contributed by atoms with Crippen molar-refractivity contribution in [3.05, 3.63) is 58.1 Å². The van der Waals surface area contributed by atoms with E-state index in [-0.39, 0.29) is 12.5 Å². The van der Waals surface area contributed by atoms with Crippen molar-refractivity contribution in [1.29, 1.82) is 0 Å². The van der Waals surface area contributed by atoms with Crippen LogP contribution in [0.25, 0.3) is 0 Å². The summed E-state index contributed by atoms with van der Waals surface area (Å²) in [4.78, 5) is 11.8. The van der Waals surface area contributed by atoms with E-state index in [4.69, 9.17) is 32.7 Å². The number of halogens is 2. The first kappa shape index (κ1) is 19.8. The van der Waals surface area contributed by atoms with E-state index in [9.17, 15) is 4.79 Å². The maximum atomic E-state index is 11.8. The molecule has 0 saturated heterocycles. The predicted octanol–water partition coefficient (Wildman–Crippen LogP) is 4.43. The van der Waals surface area contributed by atoms with Gasteiger partial charge in [0, 0.05) is 28.1 Å². The number of nitrogens with one attached hydrogen (secondary N) is 1. The lowest BCUT2D eigenvalue weighted by atomic mass is 10.2. The van der Waals surface area contributed by atoms with Crippen LogP contribution >= 0.6 is 35.0 Å². The van der Waals surface area contributed by atoms with Crippen molar-refractivity contribution >= 4 is 40.9 Å². The third-order valence-corrected chi connectivity index (χ3v) is 4.86. The van der Waals surface area contributed by atoms with Gasteiger partial charge in [0.05, 0.1) is 7.11 Å². The van der Waals surface area contributed by atoms with Crippen molar-refractivity contribution in [2.45, 2.75) is 5.75 Å². The van der Waals surface area contributed by atoms with Crippen molar-refractivity contribution in [1.82, 2.24) is 5.32 Å². The van der Waals surface area contributed by atoms with E-state index in [0.29, 0.717) is 28.1 Å². The van der Waals surface area contributed by atoms with Gasteiger partial charge in [0.1, 0.15) is 0 Å². The second kappa shape index (κ2) is 10.4. The predicted molar refractivity (Wildman–Crippen MR) is 104 cm³/mol. The molecule has 0 aromatic heterocycles. The number of rotatable bonds is 9. The fraction of sp³-hybridized carbons (Fsp3) is 0.278. The van der Waals surface area contributed by atoms with E-state index in [1.807, 2.05) is 24.3 Å². The number of hydrogen-bond acceptors (Lipinski definition) is 4. The van der Waals surface area contributed by atoms with Gasteiger partial charge < -0.3 is 14.8 Å². The monoisotopic (exact) mass is 399 g/mol. The molecule has 0 heterocycles. The molecule has 134 valence electrons. The fourth-order valence-electron chi connectivity index (χ4n) is 2.02. The Hall–Kier alpha value is -1.56. The number of methoxy groups -OCH3 is 1. The molecule has 1 amide bonds. The second-order valence-corrected chi connectivity index (χ2v) is 7.03. The molecular formula is C18H19Cl2NO3S. The van der Waals surface area contributed by atoms with Crippen LogP contribution in [0, 0.1) is 0 Å². The third-order valence-electron chi connectivity index (χ3n) is 3.27. The molecule has 0 atom stereocenters. The minimum absolute atomic E-state index is 0.0476. The molecule has 0 unspecified atom stereocenters. The molecular weight excluding hydrogens is 381 g/mol. The number of thioether (sulfide) groups is 1. The summed E-state index contributed by atoms with van der Waals surface area (Å²) in [5, 5.41) is 4.11. The Morgan fingerprint density at radius 1 is 1.16 bits per heavy atom. The summed E-state index contributed by atoms with van der Waals surface area (Å²) < 4.78 is 10.6. The van der Waals surface area contributed by atoms with Gasteiger partial charge in [-0.15, -0.1) is 0 Å². The first-order valence-electron chi connectivity index (χ1n) is 7.64. The molecule has 25 heavy (non-hydrogen) atoms. The standard InChI is InChI=1S/C18H19Cl2NO3S/c1-23-16-4-2-3-5-17(16)24-11-18(22)21-8-9-25-12-13-6-7-14(19)10-15(13)20/h2-7,10H,8-9,11-12H2,1H3,(H,21,22). The van der Waals surface area contributed by atoms with Crippen molar-refractivity contribution in [2.75, 3.05) is 26.0 Å². The van der Waals surface area contributed by atoms with Crippen LogP contribution in [0.2, 0.25) is 10.0 Å². The Morgan fingerprint density at radius 2 is 1.92 bits per heavy atom. The number of benzene rings is 2. The molecule has 7 heteroatoms. The highest BCUT2D eigenvalue weighted by molar-refractivity contribution is 7.98. The van der Waals surface area contributed by atoms with Gasteiger partial charge in [-0.1, -0.05) is 41.4 Å². The quantitative estimate of drug-likeness (QED) is 0.633. The van der Waals surface area contributed by atoms with Gasteiger partial charge in [0.15, 0.2) is 18.1 Å². The molecule has 0 radical (unpaired) electrons. The summed E-state index contributed by atoms with van der Waals surface area (Å²) in [6.45, 7) is 0.512. The third kappa shape index (κ3) is 6.69. The molecule has 0 aliphatic heterocycles. The smallest absolute Gasteiger partial charge is 0.257 e. The normalized spacial score (nSPS) is 10.4. The molecule has 0 spiro atoms. The summed E-state index contributed by atoms with van der Waals surface area (Å²) in [7, 11) is 1.56. The number of ether oxygens (including phenoxy) is 2. The molecule has 0 bridgehead atoms. The topological polar surface area (TPSA) is 47.6 Å². The highest BCUT2D eigenvalue weighted by Gasteiger charge is 2.06. The number of hydrogen-bond donors (Lipinski definition) is 1. The van der Waals surface area contributed by atoms with E-state index >= 15 is 0 Å². The summed E-state index contributed by atoms with van der Waals surface area (Å²) in [5.74, 6) is 2.52. The highest BCUT2D eigenvalue weighted by Crippen LogP contribution is 2.26. The SMILES string of the molecule is COc1ccccc1OCC(=O)NCCSCc1ccc(Cl)cc1Cl. The Morgan fingerprint density at radius 3 is 2.64 bits per heavy atom. The number of carbonyl (C=O) groups excluding carboxylic acids is 1. The zero-order chi connectivity index (χ0) is 18.1. The minimum Gasteiger partial charge on any atom is -0.493 e. The summed E-state index contributed by atoms with van der Waals surface area (Å²) in [5.41, 5.74) is 1.03. The number of carbonyl (C=O) groups is 1. The molecule has 0 saturated carbocycles. The van der Waals surface area contributed by atoms with Gasteiger partial charge in [0.25, 0.3) is 5.91 Å². The summed E-state index contributed by atoms with van der Waals surface area (Å²) in [6, 6.07) is 12.7. The van der Waals surface area contributed by atoms with Crippen LogP contribution < -0.4 is 14.8 Å². The van der Waals surface area contributed by atoms with Crippen LogP contribution in [0.5, 0.6) is 11.5 Å². The van der Waals surface area contributed by atoms with Gasteiger partial charge in [-0.25, -0.2) is 0 Å². The van der Waals surface area contributed by atoms with Crippen molar-refractivity contribution < 1.29 is 14.3 Å². The molecule has 2 rings (SSSR count). The van der Waals surface area contributed by atoms with Crippen LogP contribution in [-0.2, 0) is 10.5 Å². The van der Waals surface area contributed by atoms with E-state index in [2.05, 4.69) is 5.32 Å². The largest absolute Gasteiger partial charge is 0.493 e. The van der Waals surface area contributed by atoms with Crippen LogP contribution in [0.4, 0.5) is 0 Å². The van der Waals surface area contributed by atoms with Crippen LogP contribution in [0.15, 0.2) is 42.5 Å².